The Kier molecular flexibility index (Phi) is 4.71. The molecule has 0 spiro atoms. The van der Waals surface area contributed by atoms with E-state index in [0.29, 0.717) is 12.0 Å². The first-order valence-corrected chi connectivity index (χ1v) is 11.2. The van der Waals surface area contributed by atoms with Crippen molar-refractivity contribution in [3.8, 4) is 23.1 Å². The highest BCUT2D eigenvalue weighted by molar-refractivity contribution is 9.10. The number of rotatable bonds is 2. The molecule has 0 amide bonds. The second-order valence-corrected chi connectivity index (χ2v) is 9.58. The van der Waals surface area contributed by atoms with E-state index in [1.165, 1.54) is 5.56 Å². The van der Waals surface area contributed by atoms with Crippen LogP contribution in [0, 0.1) is 23.2 Å². The zero-order valence-electron chi connectivity index (χ0n) is 17.4. The summed E-state index contributed by atoms with van der Waals surface area (Å²) in [5.41, 5.74) is 5.07. The average molecular weight is 476 g/mol. The van der Waals surface area contributed by atoms with Gasteiger partial charge in [0.2, 0.25) is 0 Å². The van der Waals surface area contributed by atoms with E-state index in [4.69, 9.17) is 5.10 Å². The summed E-state index contributed by atoms with van der Waals surface area (Å²) in [4.78, 5) is 8.52. The molecule has 0 radical (unpaired) electrons. The number of aliphatic hydroxyl groups excluding tert-OH is 1. The van der Waals surface area contributed by atoms with Crippen LogP contribution in [0.3, 0.4) is 0 Å². The number of aromatic nitrogens is 4. The molecule has 3 aromatic rings. The second-order valence-electron chi connectivity index (χ2n) is 8.66. The molecule has 0 fully saturated rings. The molecule has 0 bridgehead atoms. The molecule has 7 heteroatoms. The van der Waals surface area contributed by atoms with E-state index >= 15 is 0 Å². The van der Waals surface area contributed by atoms with Crippen molar-refractivity contribution in [1.82, 2.24) is 19.7 Å². The van der Waals surface area contributed by atoms with E-state index in [9.17, 15) is 10.4 Å². The quantitative estimate of drug-likeness (QED) is 0.543. The van der Waals surface area contributed by atoms with Crippen molar-refractivity contribution in [2.45, 2.75) is 38.5 Å². The molecule has 0 saturated carbocycles. The molecule has 6 nitrogen and oxygen atoms in total. The van der Waals surface area contributed by atoms with Crippen LogP contribution in [0.4, 0.5) is 0 Å². The standard InChI is InChI=1S/C24H22BrN5O/c1-14-19-8-7-18-21(20-9-10-27-13-28-20)29-30(17-5-3-16(25)4-6-17)23(18)24(19,2)11-15(12-26)22(14)31/h3-6,9-10,13-14,19,31H,7-8,11H2,1-2H3/t14-,19-,24-/m1/s1. The molecule has 2 aromatic heterocycles. The van der Waals surface area contributed by atoms with Crippen LogP contribution in [-0.4, -0.2) is 24.9 Å². The molecule has 2 heterocycles. The van der Waals surface area contributed by atoms with E-state index < -0.39 is 0 Å². The van der Waals surface area contributed by atoms with Crippen molar-refractivity contribution >= 4 is 15.9 Å². The van der Waals surface area contributed by atoms with Crippen molar-refractivity contribution in [2.24, 2.45) is 11.8 Å². The molecule has 0 aliphatic heterocycles. The fourth-order valence-electron chi connectivity index (χ4n) is 5.51. The van der Waals surface area contributed by atoms with Crippen LogP contribution < -0.4 is 0 Å². The van der Waals surface area contributed by atoms with Crippen LogP contribution in [0.5, 0.6) is 0 Å². The molecular weight excluding hydrogens is 454 g/mol. The third-order valence-electron chi connectivity index (χ3n) is 6.97. The normalized spacial score (nSPS) is 25.0. The number of halogens is 1. The fraction of sp³-hybridized carbons (Fsp3) is 0.333. The molecule has 3 atom stereocenters. The number of hydrogen-bond acceptors (Lipinski definition) is 5. The minimum absolute atomic E-state index is 0.0719. The lowest BCUT2D eigenvalue weighted by Crippen LogP contribution is -2.45. The van der Waals surface area contributed by atoms with Gasteiger partial charge in [-0.2, -0.15) is 10.4 Å². The predicted molar refractivity (Wildman–Crippen MR) is 121 cm³/mol. The maximum Gasteiger partial charge on any atom is 0.116 e. The Balaban J connectivity index is 1.78. The van der Waals surface area contributed by atoms with Crippen molar-refractivity contribution in [3.05, 3.63) is 69.9 Å². The molecule has 2 aliphatic rings. The Morgan fingerprint density at radius 2 is 2.03 bits per heavy atom. The van der Waals surface area contributed by atoms with Crippen LogP contribution in [-0.2, 0) is 11.8 Å². The SMILES string of the molecule is C[C@H]1C(O)=C(C#N)C[C@@]2(C)c3c(c(-c4ccncn4)nn3-c3ccc(Br)cc3)CC[C@H]12. The molecule has 31 heavy (non-hydrogen) atoms. The van der Waals surface area contributed by atoms with Gasteiger partial charge in [-0.05, 0) is 55.5 Å². The molecule has 156 valence electrons. The number of nitriles is 1. The van der Waals surface area contributed by atoms with Gasteiger partial charge in [-0.25, -0.2) is 14.6 Å². The fourth-order valence-corrected chi connectivity index (χ4v) is 5.77. The van der Waals surface area contributed by atoms with Gasteiger partial charge in [0.05, 0.1) is 28.7 Å². The zero-order chi connectivity index (χ0) is 21.8. The number of hydrogen-bond donors (Lipinski definition) is 1. The summed E-state index contributed by atoms with van der Waals surface area (Å²) in [5.74, 6) is 0.401. The van der Waals surface area contributed by atoms with Gasteiger partial charge in [0.1, 0.15) is 17.8 Å². The van der Waals surface area contributed by atoms with Crippen LogP contribution >= 0.6 is 15.9 Å². The number of allylic oxidation sites excluding steroid dienone is 2. The summed E-state index contributed by atoms with van der Waals surface area (Å²) in [7, 11) is 0. The molecule has 1 aromatic carbocycles. The molecule has 1 N–H and O–H groups in total. The first-order chi connectivity index (χ1) is 14.9. The van der Waals surface area contributed by atoms with Crippen LogP contribution in [0.15, 0.2) is 58.7 Å². The number of aliphatic hydroxyl groups is 1. The minimum atomic E-state index is -0.324. The van der Waals surface area contributed by atoms with Crippen molar-refractivity contribution in [3.63, 3.8) is 0 Å². The van der Waals surface area contributed by atoms with E-state index in [-0.39, 0.29) is 23.0 Å². The Morgan fingerprint density at radius 3 is 2.71 bits per heavy atom. The van der Waals surface area contributed by atoms with E-state index in [1.807, 2.05) is 41.9 Å². The topological polar surface area (TPSA) is 87.6 Å². The van der Waals surface area contributed by atoms with E-state index in [0.717, 1.165) is 40.1 Å². The van der Waals surface area contributed by atoms with Gasteiger partial charge in [0.15, 0.2) is 0 Å². The zero-order valence-corrected chi connectivity index (χ0v) is 19.0. The first kappa shape index (κ1) is 20.0. The third kappa shape index (κ3) is 3.01. The third-order valence-corrected chi connectivity index (χ3v) is 7.50. The van der Waals surface area contributed by atoms with E-state index in [1.54, 1.807) is 12.5 Å². The van der Waals surface area contributed by atoms with Gasteiger partial charge < -0.3 is 5.11 Å². The van der Waals surface area contributed by atoms with Gasteiger partial charge in [-0.1, -0.05) is 29.8 Å². The van der Waals surface area contributed by atoms with Gasteiger partial charge >= 0.3 is 0 Å². The summed E-state index contributed by atoms with van der Waals surface area (Å²) in [6.07, 6.45) is 5.56. The van der Waals surface area contributed by atoms with Crippen molar-refractivity contribution < 1.29 is 5.11 Å². The summed E-state index contributed by atoms with van der Waals surface area (Å²) in [6, 6.07) is 12.2. The molecule has 0 unspecified atom stereocenters. The van der Waals surface area contributed by atoms with Gasteiger partial charge in [-0.15, -0.1) is 0 Å². The highest BCUT2D eigenvalue weighted by Gasteiger charge is 2.51. The maximum atomic E-state index is 10.7. The lowest BCUT2D eigenvalue weighted by molar-refractivity contribution is 0.134. The van der Waals surface area contributed by atoms with Gasteiger partial charge in [0.25, 0.3) is 0 Å². The highest BCUT2D eigenvalue weighted by atomic mass is 79.9. The van der Waals surface area contributed by atoms with Gasteiger partial charge in [-0.3, -0.25) is 0 Å². The Morgan fingerprint density at radius 1 is 1.26 bits per heavy atom. The molecule has 2 aliphatic carbocycles. The molecular formula is C24H22BrN5O. The Bertz CT molecular complexity index is 1230. The maximum absolute atomic E-state index is 10.7. The summed E-state index contributed by atoms with van der Waals surface area (Å²) >= 11 is 3.52. The average Bonchev–Trinajstić information content (AvgIpc) is 3.18. The lowest BCUT2D eigenvalue weighted by atomic mass is 9.56. The molecule has 0 saturated heterocycles. The van der Waals surface area contributed by atoms with Crippen LogP contribution in [0.25, 0.3) is 17.1 Å². The summed E-state index contributed by atoms with van der Waals surface area (Å²) < 4.78 is 3.03. The summed E-state index contributed by atoms with van der Waals surface area (Å²) in [5, 5.41) is 25.4. The first-order valence-electron chi connectivity index (χ1n) is 10.4. The number of fused-ring (bicyclic) bond motifs is 3. The van der Waals surface area contributed by atoms with E-state index in [2.05, 4.69) is 38.9 Å². The van der Waals surface area contributed by atoms with Crippen molar-refractivity contribution in [1.29, 1.82) is 5.26 Å². The number of benzene rings is 1. The minimum Gasteiger partial charge on any atom is -0.511 e. The lowest BCUT2D eigenvalue weighted by Gasteiger charge is -2.47. The monoisotopic (exact) mass is 475 g/mol. The molecule has 5 rings (SSSR count). The predicted octanol–water partition coefficient (Wildman–Crippen LogP) is 5.29. The second kappa shape index (κ2) is 7.31. The Labute approximate surface area is 189 Å². The smallest absolute Gasteiger partial charge is 0.116 e. The highest BCUT2D eigenvalue weighted by Crippen LogP contribution is 2.54. The van der Waals surface area contributed by atoms with Crippen LogP contribution in [0.2, 0.25) is 0 Å². The Hall–Kier alpha value is -2.98. The van der Waals surface area contributed by atoms with Gasteiger partial charge in [0, 0.05) is 27.6 Å². The summed E-state index contributed by atoms with van der Waals surface area (Å²) in [6.45, 7) is 4.25. The largest absolute Gasteiger partial charge is 0.511 e. The number of nitrogens with zero attached hydrogens (tertiary/aromatic N) is 5. The van der Waals surface area contributed by atoms with Crippen molar-refractivity contribution in [2.75, 3.05) is 0 Å². The van der Waals surface area contributed by atoms with Crippen LogP contribution in [0.1, 0.15) is 37.9 Å².